The number of rotatable bonds is 6. The highest BCUT2D eigenvalue weighted by Gasteiger charge is 2.29. The predicted molar refractivity (Wildman–Crippen MR) is 110 cm³/mol. The van der Waals surface area contributed by atoms with Crippen LogP contribution in [-0.2, 0) is 22.4 Å². The van der Waals surface area contributed by atoms with Crippen LogP contribution in [0, 0.1) is 0 Å². The van der Waals surface area contributed by atoms with Gasteiger partial charge >= 0.3 is 0 Å². The summed E-state index contributed by atoms with van der Waals surface area (Å²) in [5, 5.41) is 14.6. The topological polar surface area (TPSA) is 129 Å². The molecule has 9 nitrogen and oxygen atoms in total. The van der Waals surface area contributed by atoms with E-state index in [-0.39, 0.29) is 12.4 Å². The van der Waals surface area contributed by atoms with Crippen LogP contribution in [-0.4, -0.2) is 38.9 Å². The summed E-state index contributed by atoms with van der Waals surface area (Å²) >= 11 is 0. The first-order valence-corrected chi connectivity index (χ1v) is 9.54. The smallest absolute Gasteiger partial charge is 0.254 e. The average molecular weight is 404 g/mol. The fourth-order valence-electron chi connectivity index (χ4n) is 3.19. The molecule has 3 aromatic rings. The molecule has 4 rings (SSSR count). The van der Waals surface area contributed by atoms with Crippen molar-refractivity contribution in [1.82, 2.24) is 20.5 Å². The van der Waals surface area contributed by atoms with Crippen LogP contribution in [0.5, 0.6) is 0 Å². The molecule has 0 saturated heterocycles. The van der Waals surface area contributed by atoms with Gasteiger partial charge in [-0.2, -0.15) is 4.98 Å². The zero-order valence-corrected chi connectivity index (χ0v) is 16.0. The molecule has 0 fully saturated rings. The van der Waals surface area contributed by atoms with Gasteiger partial charge in [-0.05, 0) is 24.1 Å². The summed E-state index contributed by atoms with van der Waals surface area (Å²) in [5.74, 6) is -0.573. The first-order valence-electron chi connectivity index (χ1n) is 9.54. The summed E-state index contributed by atoms with van der Waals surface area (Å²) in [7, 11) is 0. The van der Waals surface area contributed by atoms with Crippen molar-refractivity contribution in [3.63, 3.8) is 0 Å². The minimum atomic E-state index is -0.999. The third-order valence-corrected chi connectivity index (χ3v) is 4.72. The van der Waals surface area contributed by atoms with Crippen molar-refractivity contribution in [2.45, 2.75) is 25.3 Å². The van der Waals surface area contributed by atoms with Crippen molar-refractivity contribution in [1.29, 1.82) is 0 Å². The fourth-order valence-corrected chi connectivity index (χ4v) is 3.19. The van der Waals surface area contributed by atoms with Crippen LogP contribution in [0.15, 0.2) is 54.6 Å². The van der Waals surface area contributed by atoms with Gasteiger partial charge in [-0.25, -0.2) is 0 Å². The van der Waals surface area contributed by atoms with Gasteiger partial charge in [0.05, 0.1) is 17.7 Å². The van der Waals surface area contributed by atoms with Crippen LogP contribution < -0.4 is 16.0 Å². The molecule has 1 aliphatic rings. The Morgan fingerprint density at radius 2 is 1.77 bits per heavy atom. The fraction of sp³-hybridized carbons (Fsp3) is 0.190. The van der Waals surface area contributed by atoms with Crippen LogP contribution >= 0.6 is 0 Å². The quantitative estimate of drug-likeness (QED) is 0.497. The van der Waals surface area contributed by atoms with E-state index in [1.54, 1.807) is 24.3 Å². The SMILES string of the molecule is O=C(C[C@H]1NC(=O)c2ccccc2NC1=O)Nc1n[nH]c(CCc2ccccc2)n1. The lowest BCUT2D eigenvalue weighted by Gasteiger charge is -2.13. The number of carbonyl (C=O) groups is 3. The molecule has 3 amide bonds. The second-order valence-electron chi connectivity index (χ2n) is 6.90. The van der Waals surface area contributed by atoms with Crippen molar-refractivity contribution in [3.8, 4) is 0 Å². The maximum absolute atomic E-state index is 12.4. The molecule has 0 unspecified atom stereocenters. The second kappa shape index (κ2) is 8.56. The van der Waals surface area contributed by atoms with Crippen molar-refractivity contribution in [2.75, 3.05) is 10.6 Å². The predicted octanol–water partition coefficient (Wildman–Crippen LogP) is 1.67. The average Bonchev–Trinajstić information content (AvgIpc) is 3.15. The molecule has 152 valence electrons. The number of nitrogens with one attached hydrogen (secondary N) is 4. The second-order valence-corrected chi connectivity index (χ2v) is 6.90. The standard InChI is InChI=1S/C21H20N6O3/c28-18(12-16-20(30)22-15-9-5-4-8-14(15)19(29)23-16)25-21-24-17(26-27-21)11-10-13-6-2-1-3-7-13/h1-9,16H,10-12H2,(H,22,30)(H,23,29)(H2,24,25,26,27,28)/t16-/m1/s1. The largest absolute Gasteiger partial charge is 0.340 e. The number of aromatic amines is 1. The third kappa shape index (κ3) is 4.52. The molecule has 1 atom stereocenters. The molecule has 30 heavy (non-hydrogen) atoms. The van der Waals surface area contributed by atoms with Crippen molar-refractivity contribution in [2.24, 2.45) is 0 Å². The van der Waals surface area contributed by atoms with E-state index in [2.05, 4.69) is 31.1 Å². The normalized spacial score (nSPS) is 15.5. The molecular weight excluding hydrogens is 384 g/mol. The zero-order chi connectivity index (χ0) is 20.9. The summed E-state index contributed by atoms with van der Waals surface area (Å²) in [6, 6.07) is 15.6. The number of fused-ring (bicyclic) bond motifs is 1. The molecule has 0 radical (unpaired) electrons. The Balaban J connectivity index is 1.33. The maximum atomic E-state index is 12.4. The molecule has 1 aliphatic heterocycles. The van der Waals surface area contributed by atoms with E-state index < -0.39 is 23.8 Å². The Bertz CT molecular complexity index is 1080. The number of anilines is 2. The van der Waals surface area contributed by atoms with E-state index in [4.69, 9.17) is 0 Å². The van der Waals surface area contributed by atoms with Crippen LogP contribution in [0.25, 0.3) is 0 Å². The lowest BCUT2D eigenvalue weighted by Crippen LogP contribution is -2.43. The number of carbonyl (C=O) groups excluding carboxylic acids is 3. The highest BCUT2D eigenvalue weighted by atomic mass is 16.2. The Labute approximate surface area is 172 Å². The lowest BCUT2D eigenvalue weighted by molar-refractivity contribution is -0.122. The van der Waals surface area contributed by atoms with Gasteiger partial charge in [0, 0.05) is 6.42 Å². The number of aromatic nitrogens is 3. The zero-order valence-electron chi connectivity index (χ0n) is 16.0. The van der Waals surface area contributed by atoms with E-state index in [0.29, 0.717) is 23.5 Å². The van der Waals surface area contributed by atoms with E-state index in [1.807, 2.05) is 30.3 Å². The summed E-state index contributed by atoms with van der Waals surface area (Å²) in [4.78, 5) is 41.3. The van der Waals surface area contributed by atoms with E-state index in [9.17, 15) is 14.4 Å². The monoisotopic (exact) mass is 404 g/mol. The summed E-state index contributed by atoms with van der Waals surface area (Å²) in [6.07, 6.45) is 1.20. The van der Waals surface area contributed by atoms with Gasteiger partial charge in [-0.3, -0.25) is 24.8 Å². The summed E-state index contributed by atoms with van der Waals surface area (Å²) in [5.41, 5.74) is 1.95. The molecule has 1 aromatic heterocycles. The number of H-pyrrole nitrogens is 1. The number of hydrogen-bond donors (Lipinski definition) is 4. The molecule has 4 N–H and O–H groups in total. The maximum Gasteiger partial charge on any atom is 0.254 e. The molecule has 2 aromatic carbocycles. The number of amides is 3. The summed E-state index contributed by atoms with van der Waals surface area (Å²) in [6.45, 7) is 0. The Morgan fingerprint density at radius 1 is 1.00 bits per heavy atom. The Kier molecular flexibility index (Phi) is 5.51. The number of benzene rings is 2. The Morgan fingerprint density at radius 3 is 2.60 bits per heavy atom. The summed E-state index contributed by atoms with van der Waals surface area (Å²) < 4.78 is 0. The van der Waals surface area contributed by atoms with Gasteiger partial charge in [-0.1, -0.05) is 42.5 Å². The molecule has 0 saturated carbocycles. The number of para-hydroxylation sites is 1. The molecule has 0 spiro atoms. The van der Waals surface area contributed by atoms with Crippen LogP contribution in [0.4, 0.5) is 11.6 Å². The van der Waals surface area contributed by atoms with Gasteiger partial charge in [0.1, 0.15) is 11.9 Å². The van der Waals surface area contributed by atoms with E-state index >= 15 is 0 Å². The van der Waals surface area contributed by atoms with Gasteiger partial charge in [-0.15, -0.1) is 5.10 Å². The molecule has 0 aliphatic carbocycles. The van der Waals surface area contributed by atoms with Crippen LogP contribution in [0.1, 0.15) is 28.2 Å². The van der Waals surface area contributed by atoms with Crippen LogP contribution in [0.3, 0.4) is 0 Å². The lowest BCUT2D eigenvalue weighted by atomic mass is 10.1. The minimum Gasteiger partial charge on any atom is -0.340 e. The Hall–Kier alpha value is -4.01. The number of nitrogens with zero attached hydrogens (tertiary/aromatic N) is 2. The van der Waals surface area contributed by atoms with E-state index in [1.165, 1.54) is 5.56 Å². The van der Waals surface area contributed by atoms with Gasteiger partial charge in [0.2, 0.25) is 17.8 Å². The van der Waals surface area contributed by atoms with Crippen molar-refractivity contribution in [3.05, 3.63) is 71.5 Å². The molecular formula is C21H20N6O3. The van der Waals surface area contributed by atoms with Gasteiger partial charge < -0.3 is 10.6 Å². The first-order chi connectivity index (χ1) is 14.6. The van der Waals surface area contributed by atoms with Crippen molar-refractivity contribution >= 4 is 29.4 Å². The van der Waals surface area contributed by atoms with Crippen molar-refractivity contribution < 1.29 is 14.4 Å². The van der Waals surface area contributed by atoms with Gasteiger partial charge in [0.15, 0.2) is 0 Å². The number of aryl methyl sites for hydroxylation is 2. The molecule has 2 heterocycles. The van der Waals surface area contributed by atoms with E-state index in [0.717, 1.165) is 6.42 Å². The first kappa shape index (κ1) is 19.3. The molecule has 0 bridgehead atoms. The number of hydrogen-bond acceptors (Lipinski definition) is 5. The molecule has 9 heteroatoms. The van der Waals surface area contributed by atoms with Gasteiger partial charge in [0.25, 0.3) is 5.91 Å². The highest BCUT2D eigenvalue weighted by molar-refractivity contribution is 6.11. The van der Waals surface area contributed by atoms with Crippen LogP contribution in [0.2, 0.25) is 0 Å². The minimum absolute atomic E-state index is 0.131. The highest BCUT2D eigenvalue weighted by Crippen LogP contribution is 2.19. The third-order valence-electron chi connectivity index (χ3n) is 4.72.